The zero-order valence-electron chi connectivity index (χ0n) is 16.9. The molecule has 160 valence electrons. The van der Waals surface area contributed by atoms with Gasteiger partial charge in [-0.25, -0.2) is 0 Å². The highest BCUT2D eigenvalue weighted by Gasteiger charge is 2.28. The van der Waals surface area contributed by atoms with Gasteiger partial charge < -0.3 is 14.4 Å². The van der Waals surface area contributed by atoms with Crippen LogP contribution in [0.3, 0.4) is 0 Å². The van der Waals surface area contributed by atoms with Crippen LogP contribution < -0.4 is 9.47 Å². The Hall–Kier alpha value is -3.68. The van der Waals surface area contributed by atoms with Crippen LogP contribution in [0.25, 0.3) is 6.08 Å². The summed E-state index contributed by atoms with van der Waals surface area (Å²) in [6, 6.07) is 11.5. The first-order valence-electron chi connectivity index (χ1n) is 10.2. The molecule has 0 unspecified atom stereocenters. The molecule has 1 amide bonds. The minimum absolute atomic E-state index is 0.0412. The van der Waals surface area contributed by atoms with E-state index in [1.807, 2.05) is 0 Å². The third-order valence-corrected chi connectivity index (χ3v) is 5.54. The molecule has 0 aromatic heterocycles. The molecule has 4 rings (SSSR count). The molecule has 2 aliphatic rings. The van der Waals surface area contributed by atoms with Crippen LogP contribution in [-0.4, -0.2) is 47.8 Å². The lowest BCUT2D eigenvalue weighted by molar-refractivity contribution is -0.385. The average Bonchev–Trinajstić information content (AvgIpc) is 2.82. The summed E-state index contributed by atoms with van der Waals surface area (Å²) in [6.07, 6.45) is 3.95. The predicted molar refractivity (Wildman–Crippen MR) is 113 cm³/mol. The Morgan fingerprint density at radius 2 is 1.74 bits per heavy atom. The van der Waals surface area contributed by atoms with E-state index in [4.69, 9.17) is 9.47 Å². The summed E-state index contributed by atoms with van der Waals surface area (Å²) < 4.78 is 11.1. The lowest BCUT2D eigenvalue weighted by Crippen LogP contribution is -2.39. The van der Waals surface area contributed by atoms with E-state index in [-0.39, 0.29) is 23.3 Å². The highest BCUT2D eigenvalue weighted by molar-refractivity contribution is 5.99. The molecule has 2 aliphatic heterocycles. The fourth-order valence-corrected chi connectivity index (χ4v) is 3.86. The maximum absolute atomic E-state index is 12.9. The fraction of sp³-hybridized carbons (Fsp3) is 0.304. The number of ketones is 1. The van der Waals surface area contributed by atoms with Crippen molar-refractivity contribution in [1.82, 2.24) is 4.90 Å². The molecule has 0 aliphatic carbocycles. The second-order valence-electron chi connectivity index (χ2n) is 7.47. The van der Waals surface area contributed by atoms with Gasteiger partial charge in [0.1, 0.15) is 13.2 Å². The molecule has 1 saturated heterocycles. The molecule has 1 fully saturated rings. The largest absolute Gasteiger partial charge is 0.486 e. The summed E-state index contributed by atoms with van der Waals surface area (Å²) in [5.74, 6) is 0.896. The van der Waals surface area contributed by atoms with Gasteiger partial charge in [-0.3, -0.25) is 19.7 Å². The molecular weight excluding hydrogens is 400 g/mol. The topological polar surface area (TPSA) is 99.0 Å². The molecule has 2 heterocycles. The van der Waals surface area contributed by atoms with E-state index in [1.165, 1.54) is 18.2 Å². The van der Waals surface area contributed by atoms with Crippen molar-refractivity contribution in [3.05, 3.63) is 69.8 Å². The van der Waals surface area contributed by atoms with Crippen LogP contribution in [-0.2, 0) is 4.79 Å². The van der Waals surface area contributed by atoms with Crippen LogP contribution in [0.5, 0.6) is 11.5 Å². The Morgan fingerprint density at radius 3 is 2.48 bits per heavy atom. The number of para-hydroxylation sites is 1. The number of nitro groups is 1. The van der Waals surface area contributed by atoms with E-state index in [2.05, 4.69) is 0 Å². The van der Waals surface area contributed by atoms with Crippen LogP contribution in [0.15, 0.2) is 48.5 Å². The van der Waals surface area contributed by atoms with E-state index >= 15 is 0 Å². The molecule has 0 atom stereocenters. The van der Waals surface area contributed by atoms with Crippen LogP contribution in [0, 0.1) is 16.0 Å². The Balaban J connectivity index is 1.36. The highest BCUT2D eigenvalue weighted by Crippen LogP contribution is 2.32. The number of carbonyl (C=O) groups excluding carboxylic acids is 2. The standard InChI is InChI=1S/C23H22N2O6/c26-22(8-6-16-3-1-2-4-19(16)25(28)29)24-11-9-17(10-12-24)23(27)18-5-7-20-21(15-18)31-14-13-30-20/h1-8,15,17H,9-14H2. The summed E-state index contributed by atoms with van der Waals surface area (Å²) >= 11 is 0. The number of hydrogen-bond donors (Lipinski definition) is 0. The fourth-order valence-electron chi connectivity index (χ4n) is 3.86. The maximum atomic E-state index is 12.9. The number of carbonyl (C=O) groups is 2. The van der Waals surface area contributed by atoms with Crippen molar-refractivity contribution in [1.29, 1.82) is 0 Å². The zero-order valence-corrected chi connectivity index (χ0v) is 16.9. The normalized spacial score (nSPS) is 16.3. The number of piperidine rings is 1. The average molecular weight is 422 g/mol. The van der Waals surface area contributed by atoms with Crippen molar-refractivity contribution in [3.8, 4) is 11.5 Å². The number of rotatable bonds is 5. The first-order chi connectivity index (χ1) is 15.0. The Morgan fingerprint density at radius 1 is 1.03 bits per heavy atom. The van der Waals surface area contributed by atoms with E-state index in [0.717, 1.165) is 0 Å². The molecule has 8 heteroatoms. The first-order valence-corrected chi connectivity index (χ1v) is 10.2. The molecule has 0 spiro atoms. The molecule has 0 radical (unpaired) electrons. The van der Waals surface area contributed by atoms with Crippen molar-refractivity contribution >= 4 is 23.5 Å². The van der Waals surface area contributed by atoms with Gasteiger partial charge in [0.25, 0.3) is 5.69 Å². The van der Waals surface area contributed by atoms with E-state index < -0.39 is 4.92 Å². The Bertz CT molecular complexity index is 1040. The van der Waals surface area contributed by atoms with Crippen molar-refractivity contribution in [2.45, 2.75) is 12.8 Å². The summed E-state index contributed by atoms with van der Waals surface area (Å²) in [7, 11) is 0. The molecule has 2 aromatic carbocycles. The molecule has 0 N–H and O–H groups in total. The number of benzene rings is 2. The lowest BCUT2D eigenvalue weighted by atomic mass is 9.88. The maximum Gasteiger partial charge on any atom is 0.276 e. The van der Waals surface area contributed by atoms with Gasteiger partial charge in [-0.05, 0) is 43.2 Å². The van der Waals surface area contributed by atoms with E-state index in [9.17, 15) is 19.7 Å². The molecule has 31 heavy (non-hydrogen) atoms. The second-order valence-corrected chi connectivity index (χ2v) is 7.47. The van der Waals surface area contributed by atoms with Gasteiger partial charge >= 0.3 is 0 Å². The molecule has 2 aromatic rings. The molecule has 8 nitrogen and oxygen atoms in total. The highest BCUT2D eigenvalue weighted by atomic mass is 16.6. The van der Waals surface area contributed by atoms with E-state index in [1.54, 1.807) is 41.3 Å². The van der Waals surface area contributed by atoms with Gasteiger partial charge in [-0.15, -0.1) is 0 Å². The van der Waals surface area contributed by atoms with Gasteiger partial charge in [-0.2, -0.15) is 0 Å². The van der Waals surface area contributed by atoms with Crippen LogP contribution in [0.4, 0.5) is 5.69 Å². The Labute approximate surface area is 179 Å². The minimum Gasteiger partial charge on any atom is -0.486 e. The molecular formula is C23H22N2O6. The zero-order chi connectivity index (χ0) is 21.8. The van der Waals surface area contributed by atoms with Gasteiger partial charge in [-0.1, -0.05) is 12.1 Å². The Kier molecular flexibility index (Phi) is 5.97. The van der Waals surface area contributed by atoms with Gasteiger partial charge in [0.05, 0.1) is 10.5 Å². The van der Waals surface area contributed by atoms with Crippen LogP contribution in [0.1, 0.15) is 28.8 Å². The smallest absolute Gasteiger partial charge is 0.276 e. The minimum atomic E-state index is -0.473. The third-order valence-electron chi connectivity index (χ3n) is 5.54. The quantitative estimate of drug-likeness (QED) is 0.317. The number of nitrogens with zero attached hydrogens (tertiary/aromatic N) is 2. The SMILES string of the molecule is O=C(c1ccc2c(c1)OCCO2)C1CCN(C(=O)C=Cc2ccccc2[N+](=O)[O-])CC1. The number of Topliss-reactive ketones (excluding diaryl/α,β-unsaturated/α-hetero) is 1. The van der Waals surface area contributed by atoms with Crippen molar-refractivity contribution < 1.29 is 24.0 Å². The number of likely N-dealkylation sites (tertiary alicyclic amines) is 1. The second kappa shape index (κ2) is 8.99. The number of nitro benzene ring substituents is 1. The third kappa shape index (κ3) is 4.58. The number of fused-ring (bicyclic) bond motifs is 1. The summed E-state index contributed by atoms with van der Waals surface area (Å²) in [4.78, 5) is 37.7. The number of ether oxygens (including phenoxy) is 2. The molecule has 0 bridgehead atoms. The van der Waals surface area contributed by atoms with Crippen molar-refractivity contribution in [2.24, 2.45) is 5.92 Å². The number of hydrogen-bond acceptors (Lipinski definition) is 6. The van der Waals surface area contributed by atoms with E-state index in [0.29, 0.717) is 61.8 Å². The first kappa shape index (κ1) is 20.6. The monoisotopic (exact) mass is 422 g/mol. The van der Waals surface area contributed by atoms with Gasteiger partial charge in [0.2, 0.25) is 5.91 Å². The summed E-state index contributed by atoms with van der Waals surface area (Å²) in [5, 5.41) is 11.1. The summed E-state index contributed by atoms with van der Waals surface area (Å²) in [6.45, 7) is 1.88. The van der Waals surface area contributed by atoms with Crippen LogP contribution >= 0.6 is 0 Å². The molecule has 0 saturated carbocycles. The predicted octanol–water partition coefficient (Wildman–Crippen LogP) is 3.50. The van der Waals surface area contributed by atoms with Crippen molar-refractivity contribution in [2.75, 3.05) is 26.3 Å². The van der Waals surface area contributed by atoms with Gasteiger partial charge in [0, 0.05) is 36.7 Å². The number of amides is 1. The van der Waals surface area contributed by atoms with Crippen molar-refractivity contribution in [3.63, 3.8) is 0 Å². The van der Waals surface area contributed by atoms with Gasteiger partial charge in [0.15, 0.2) is 17.3 Å². The van der Waals surface area contributed by atoms with Crippen LogP contribution in [0.2, 0.25) is 0 Å². The summed E-state index contributed by atoms with van der Waals surface area (Å²) in [5.41, 5.74) is 0.921. The lowest BCUT2D eigenvalue weighted by Gasteiger charge is -2.30.